The lowest BCUT2D eigenvalue weighted by Gasteiger charge is -2.33. The zero-order chi connectivity index (χ0) is 16.5. The summed E-state index contributed by atoms with van der Waals surface area (Å²) in [5.41, 5.74) is 3.51. The fourth-order valence-electron chi connectivity index (χ4n) is 4.13. The lowest BCUT2D eigenvalue weighted by atomic mass is 9.82. The van der Waals surface area contributed by atoms with E-state index in [4.69, 9.17) is 9.73 Å². The molecule has 0 aliphatic carbocycles. The van der Waals surface area contributed by atoms with E-state index in [0.717, 1.165) is 64.2 Å². The van der Waals surface area contributed by atoms with Gasteiger partial charge in [0.1, 0.15) is 5.84 Å². The summed E-state index contributed by atoms with van der Waals surface area (Å²) in [5, 5.41) is 10.1. The zero-order valence-corrected chi connectivity index (χ0v) is 14.3. The molecule has 128 valence electrons. The van der Waals surface area contributed by atoms with Crippen LogP contribution >= 0.6 is 0 Å². The lowest BCUT2D eigenvalue weighted by molar-refractivity contribution is 0.0671. The van der Waals surface area contributed by atoms with Gasteiger partial charge in [0.15, 0.2) is 0 Å². The van der Waals surface area contributed by atoms with Gasteiger partial charge in [-0.15, -0.1) is 0 Å². The first kappa shape index (κ1) is 16.1. The molecule has 1 aromatic rings. The van der Waals surface area contributed by atoms with E-state index in [-0.39, 0.29) is 6.04 Å². The van der Waals surface area contributed by atoms with Gasteiger partial charge in [0, 0.05) is 43.5 Å². The molecule has 0 amide bonds. The number of aryl methyl sites for hydroxylation is 1. The number of aliphatic imine (C=N–C) groups is 1. The molecule has 0 spiro atoms. The third kappa shape index (κ3) is 2.96. The SMILES string of the molecule is CB(O)N1CCCC1c1cncc2c1N=C(N1CCOCC1)CC2. The zero-order valence-electron chi connectivity index (χ0n) is 14.3. The number of pyridine rings is 1. The quantitative estimate of drug-likeness (QED) is 0.837. The molecule has 24 heavy (non-hydrogen) atoms. The predicted octanol–water partition coefficient (Wildman–Crippen LogP) is 1.64. The number of amidine groups is 1. The van der Waals surface area contributed by atoms with Gasteiger partial charge in [0.25, 0.3) is 0 Å². The molecule has 4 heterocycles. The van der Waals surface area contributed by atoms with E-state index in [1.54, 1.807) is 0 Å². The molecule has 1 N–H and O–H groups in total. The summed E-state index contributed by atoms with van der Waals surface area (Å²) in [6.07, 6.45) is 8.05. The Morgan fingerprint density at radius 1 is 1.21 bits per heavy atom. The van der Waals surface area contributed by atoms with Gasteiger partial charge < -0.3 is 19.5 Å². The van der Waals surface area contributed by atoms with Crippen LogP contribution in [0.2, 0.25) is 6.82 Å². The molecule has 3 aliphatic heterocycles. The number of ether oxygens (including phenoxy) is 1. The summed E-state index contributed by atoms with van der Waals surface area (Å²) >= 11 is 0. The minimum Gasteiger partial charge on any atom is -0.437 e. The molecular formula is C17H25BN4O2. The third-order valence-corrected chi connectivity index (χ3v) is 5.39. The van der Waals surface area contributed by atoms with Crippen LogP contribution < -0.4 is 0 Å². The number of nitrogens with zero attached hydrogens (tertiary/aromatic N) is 4. The van der Waals surface area contributed by atoms with Crippen LogP contribution in [0.1, 0.15) is 36.4 Å². The van der Waals surface area contributed by atoms with E-state index in [9.17, 15) is 5.02 Å². The van der Waals surface area contributed by atoms with Gasteiger partial charge >= 0.3 is 7.05 Å². The van der Waals surface area contributed by atoms with Crippen molar-refractivity contribution in [2.45, 2.75) is 38.5 Å². The Labute approximate surface area is 143 Å². The van der Waals surface area contributed by atoms with Crippen LogP contribution in [0, 0.1) is 0 Å². The van der Waals surface area contributed by atoms with Crippen LogP contribution in [0.4, 0.5) is 5.69 Å². The fourth-order valence-corrected chi connectivity index (χ4v) is 4.13. The first-order valence-corrected chi connectivity index (χ1v) is 9.05. The minimum atomic E-state index is -0.431. The van der Waals surface area contributed by atoms with E-state index in [1.807, 2.05) is 19.2 Å². The Hall–Kier alpha value is -1.44. The summed E-state index contributed by atoms with van der Waals surface area (Å²) in [7, 11) is -0.431. The van der Waals surface area contributed by atoms with Crippen molar-refractivity contribution in [1.29, 1.82) is 0 Å². The fraction of sp³-hybridized carbons (Fsp3) is 0.647. The highest BCUT2D eigenvalue weighted by Crippen LogP contribution is 2.40. The molecule has 4 rings (SSSR count). The number of fused-ring (bicyclic) bond motifs is 1. The Kier molecular flexibility index (Phi) is 4.56. The van der Waals surface area contributed by atoms with E-state index < -0.39 is 7.05 Å². The highest BCUT2D eigenvalue weighted by atomic mass is 16.5. The van der Waals surface area contributed by atoms with Crippen molar-refractivity contribution in [3.63, 3.8) is 0 Å². The van der Waals surface area contributed by atoms with Crippen molar-refractivity contribution >= 4 is 18.6 Å². The third-order valence-electron chi connectivity index (χ3n) is 5.39. The average Bonchev–Trinajstić information content (AvgIpc) is 3.11. The topological polar surface area (TPSA) is 61.2 Å². The number of morpholine rings is 1. The Bertz CT molecular complexity index is 631. The van der Waals surface area contributed by atoms with E-state index in [0.29, 0.717) is 0 Å². The summed E-state index contributed by atoms with van der Waals surface area (Å²) in [4.78, 5) is 14.0. The maximum atomic E-state index is 10.1. The average molecular weight is 328 g/mol. The first-order valence-electron chi connectivity index (χ1n) is 9.05. The molecular weight excluding hydrogens is 303 g/mol. The summed E-state index contributed by atoms with van der Waals surface area (Å²) < 4.78 is 5.46. The van der Waals surface area contributed by atoms with Crippen LogP contribution in [0.25, 0.3) is 0 Å². The van der Waals surface area contributed by atoms with Gasteiger partial charge in [-0.2, -0.15) is 0 Å². The maximum absolute atomic E-state index is 10.1. The molecule has 1 unspecified atom stereocenters. The Morgan fingerprint density at radius 2 is 2.04 bits per heavy atom. The van der Waals surface area contributed by atoms with E-state index in [2.05, 4.69) is 14.7 Å². The number of rotatable bonds is 2. The molecule has 0 saturated carbocycles. The number of hydrogen-bond donors (Lipinski definition) is 1. The lowest BCUT2D eigenvalue weighted by Crippen LogP contribution is -2.41. The second kappa shape index (κ2) is 6.82. The Morgan fingerprint density at radius 3 is 2.83 bits per heavy atom. The standard InChI is InChI=1S/C17H25BN4O2/c1-18(23)22-6-2-3-15(22)14-12-19-11-13-4-5-16(20-17(13)14)21-7-9-24-10-8-21/h11-12,15,23H,2-10H2,1H3. The summed E-state index contributed by atoms with van der Waals surface area (Å²) in [6.45, 7) is 6.21. The summed E-state index contributed by atoms with van der Waals surface area (Å²) in [6, 6.07) is 0.222. The highest BCUT2D eigenvalue weighted by Gasteiger charge is 2.34. The van der Waals surface area contributed by atoms with Crippen LogP contribution in [0.15, 0.2) is 17.4 Å². The number of hydrogen-bond acceptors (Lipinski definition) is 6. The molecule has 0 radical (unpaired) electrons. The molecule has 0 aromatic carbocycles. The monoisotopic (exact) mass is 328 g/mol. The molecule has 6 nitrogen and oxygen atoms in total. The van der Waals surface area contributed by atoms with Crippen molar-refractivity contribution in [1.82, 2.24) is 14.7 Å². The normalized spacial score (nSPS) is 24.7. The van der Waals surface area contributed by atoms with Gasteiger partial charge in [-0.05, 0) is 38.2 Å². The van der Waals surface area contributed by atoms with Gasteiger partial charge in [0.2, 0.25) is 0 Å². The van der Waals surface area contributed by atoms with Crippen molar-refractivity contribution in [3.8, 4) is 0 Å². The molecule has 2 fully saturated rings. The highest BCUT2D eigenvalue weighted by molar-refractivity contribution is 6.45. The molecule has 7 heteroatoms. The van der Waals surface area contributed by atoms with Crippen molar-refractivity contribution in [2.75, 3.05) is 32.8 Å². The first-order chi connectivity index (χ1) is 11.7. The van der Waals surface area contributed by atoms with Crippen LogP contribution in [-0.4, -0.2) is 65.5 Å². The minimum absolute atomic E-state index is 0.222. The molecule has 3 aliphatic rings. The van der Waals surface area contributed by atoms with Gasteiger partial charge in [-0.1, -0.05) is 0 Å². The molecule has 0 bridgehead atoms. The number of aromatic nitrogens is 1. The van der Waals surface area contributed by atoms with E-state index >= 15 is 0 Å². The second-order valence-electron chi connectivity index (χ2n) is 6.89. The predicted molar refractivity (Wildman–Crippen MR) is 94.6 cm³/mol. The second-order valence-corrected chi connectivity index (χ2v) is 6.89. The molecule has 1 aromatic heterocycles. The van der Waals surface area contributed by atoms with Crippen LogP contribution in [0.5, 0.6) is 0 Å². The largest absolute Gasteiger partial charge is 0.437 e. The van der Waals surface area contributed by atoms with Crippen molar-refractivity contribution < 1.29 is 9.76 Å². The van der Waals surface area contributed by atoms with Gasteiger partial charge in [-0.25, -0.2) is 4.99 Å². The van der Waals surface area contributed by atoms with Crippen molar-refractivity contribution in [2.24, 2.45) is 4.99 Å². The smallest absolute Gasteiger partial charge is 0.376 e. The van der Waals surface area contributed by atoms with Crippen LogP contribution in [0.3, 0.4) is 0 Å². The maximum Gasteiger partial charge on any atom is 0.376 e. The van der Waals surface area contributed by atoms with Gasteiger partial charge in [0.05, 0.1) is 18.9 Å². The van der Waals surface area contributed by atoms with Crippen LogP contribution in [-0.2, 0) is 11.2 Å². The molecule has 1 atom stereocenters. The Balaban J connectivity index is 1.68. The van der Waals surface area contributed by atoms with Gasteiger partial charge in [-0.3, -0.25) is 4.98 Å². The summed E-state index contributed by atoms with van der Waals surface area (Å²) in [5.74, 6) is 1.18. The van der Waals surface area contributed by atoms with E-state index in [1.165, 1.54) is 17.0 Å². The molecule has 2 saturated heterocycles. The van der Waals surface area contributed by atoms with Crippen molar-refractivity contribution in [3.05, 3.63) is 23.5 Å².